The number of nitrogens with one attached hydrogen (secondary N) is 1. The van der Waals surface area contributed by atoms with Crippen LogP contribution in [-0.2, 0) is 13.1 Å². The third-order valence-electron chi connectivity index (χ3n) is 2.73. The van der Waals surface area contributed by atoms with Crippen molar-refractivity contribution in [1.82, 2.24) is 15.1 Å². The fourth-order valence-electron chi connectivity index (χ4n) is 1.87. The maximum Gasteiger partial charge on any atom is 0.0682 e. The zero-order valence-electron chi connectivity index (χ0n) is 10.1. The molecular formula is C13H16ClN3. The van der Waals surface area contributed by atoms with Crippen LogP contribution < -0.4 is 5.32 Å². The van der Waals surface area contributed by atoms with Crippen molar-refractivity contribution in [2.24, 2.45) is 0 Å². The van der Waals surface area contributed by atoms with E-state index >= 15 is 0 Å². The van der Waals surface area contributed by atoms with E-state index in [-0.39, 0.29) is 0 Å². The molecule has 1 aromatic heterocycles. The molecular weight excluding hydrogens is 234 g/mol. The quantitative estimate of drug-likeness (QED) is 0.903. The van der Waals surface area contributed by atoms with Gasteiger partial charge in [0.2, 0.25) is 0 Å². The molecule has 0 radical (unpaired) electrons. The lowest BCUT2D eigenvalue weighted by Gasteiger charge is -2.08. The average molecular weight is 250 g/mol. The van der Waals surface area contributed by atoms with Crippen molar-refractivity contribution in [2.75, 3.05) is 7.05 Å². The Morgan fingerprint density at radius 3 is 2.82 bits per heavy atom. The van der Waals surface area contributed by atoms with Crippen LogP contribution in [0.4, 0.5) is 0 Å². The summed E-state index contributed by atoms with van der Waals surface area (Å²) in [6.07, 6.45) is 1.81. The largest absolute Gasteiger partial charge is 0.316 e. The molecule has 1 aromatic carbocycles. The van der Waals surface area contributed by atoms with Crippen LogP contribution in [0.2, 0.25) is 5.02 Å². The summed E-state index contributed by atoms with van der Waals surface area (Å²) in [4.78, 5) is 0. The number of aryl methyl sites for hydroxylation is 1. The van der Waals surface area contributed by atoms with Crippen LogP contribution in [0.1, 0.15) is 12.5 Å². The summed E-state index contributed by atoms with van der Waals surface area (Å²) in [7, 11) is 1.91. The Balaban J connectivity index is 2.37. The Kier molecular flexibility index (Phi) is 3.82. The first-order valence-electron chi connectivity index (χ1n) is 5.71. The molecule has 17 heavy (non-hydrogen) atoms. The van der Waals surface area contributed by atoms with Crippen LogP contribution in [0.3, 0.4) is 0 Å². The molecule has 90 valence electrons. The van der Waals surface area contributed by atoms with Gasteiger partial charge in [0.25, 0.3) is 0 Å². The van der Waals surface area contributed by atoms with E-state index in [1.165, 1.54) is 0 Å². The molecule has 0 bridgehead atoms. The average Bonchev–Trinajstić information content (AvgIpc) is 2.80. The molecule has 0 fully saturated rings. The van der Waals surface area contributed by atoms with Gasteiger partial charge in [-0.25, -0.2) is 0 Å². The fraction of sp³-hybridized carbons (Fsp3) is 0.308. The minimum atomic E-state index is 0.784. The Bertz CT molecular complexity index is 505. The summed E-state index contributed by atoms with van der Waals surface area (Å²) in [6, 6.07) is 8.15. The smallest absolute Gasteiger partial charge is 0.0682 e. The number of halogens is 1. The predicted octanol–water partition coefficient (Wildman–Crippen LogP) is 2.94. The number of hydrogen-bond acceptors (Lipinski definition) is 2. The zero-order chi connectivity index (χ0) is 12.3. The van der Waals surface area contributed by atoms with Gasteiger partial charge in [-0.1, -0.05) is 23.7 Å². The van der Waals surface area contributed by atoms with Gasteiger partial charge in [0.05, 0.1) is 5.69 Å². The highest BCUT2D eigenvalue weighted by molar-refractivity contribution is 6.31. The topological polar surface area (TPSA) is 29.9 Å². The summed E-state index contributed by atoms with van der Waals surface area (Å²) < 4.78 is 1.96. The monoisotopic (exact) mass is 249 g/mol. The second-order valence-electron chi connectivity index (χ2n) is 3.87. The summed E-state index contributed by atoms with van der Waals surface area (Å²) in [5.41, 5.74) is 3.32. The first-order chi connectivity index (χ1) is 8.26. The second-order valence-corrected chi connectivity index (χ2v) is 4.28. The molecule has 0 aliphatic heterocycles. The molecule has 2 rings (SSSR count). The van der Waals surface area contributed by atoms with Gasteiger partial charge in [-0.15, -0.1) is 0 Å². The molecule has 0 spiro atoms. The van der Waals surface area contributed by atoms with Crippen LogP contribution in [0.5, 0.6) is 0 Å². The van der Waals surface area contributed by atoms with Crippen molar-refractivity contribution in [1.29, 1.82) is 0 Å². The number of aromatic nitrogens is 2. The number of nitrogens with zero attached hydrogens (tertiary/aromatic N) is 2. The van der Waals surface area contributed by atoms with Crippen molar-refractivity contribution in [3.63, 3.8) is 0 Å². The van der Waals surface area contributed by atoms with Gasteiger partial charge in [0.1, 0.15) is 0 Å². The van der Waals surface area contributed by atoms with Gasteiger partial charge in [0.15, 0.2) is 0 Å². The number of benzene rings is 1. The van der Waals surface area contributed by atoms with Gasteiger partial charge in [0, 0.05) is 29.9 Å². The van der Waals surface area contributed by atoms with E-state index in [0.29, 0.717) is 0 Å². The minimum absolute atomic E-state index is 0.784. The Labute approximate surface area is 106 Å². The first-order valence-corrected chi connectivity index (χ1v) is 6.09. The molecule has 1 N–H and O–H groups in total. The van der Waals surface area contributed by atoms with Crippen molar-refractivity contribution in [2.45, 2.75) is 20.0 Å². The normalized spacial score (nSPS) is 10.8. The summed E-state index contributed by atoms with van der Waals surface area (Å²) in [5.74, 6) is 0. The molecule has 0 unspecified atom stereocenters. The lowest BCUT2D eigenvalue weighted by molar-refractivity contribution is 0.667. The molecule has 0 saturated heterocycles. The van der Waals surface area contributed by atoms with E-state index in [9.17, 15) is 0 Å². The molecule has 3 nitrogen and oxygen atoms in total. The number of hydrogen-bond donors (Lipinski definition) is 1. The third kappa shape index (κ3) is 2.51. The van der Waals surface area contributed by atoms with Crippen LogP contribution >= 0.6 is 11.6 Å². The first kappa shape index (κ1) is 12.1. The molecule has 2 aromatic rings. The Hall–Kier alpha value is -1.32. The number of rotatable bonds is 4. The fourth-order valence-corrected chi connectivity index (χ4v) is 2.12. The SMILES string of the molecule is CCn1nccc1-c1ccc(CNC)c(Cl)c1. The highest BCUT2D eigenvalue weighted by atomic mass is 35.5. The van der Waals surface area contributed by atoms with E-state index in [2.05, 4.69) is 29.5 Å². The van der Waals surface area contributed by atoms with E-state index in [1.807, 2.05) is 30.1 Å². The molecule has 0 aliphatic rings. The van der Waals surface area contributed by atoms with Crippen molar-refractivity contribution in [3.8, 4) is 11.3 Å². The van der Waals surface area contributed by atoms with E-state index in [0.717, 1.165) is 34.9 Å². The van der Waals surface area contributed by atoms with E-state index in [1.54, 1.807) is 0 Å². The summed E-state index contributed by atoms with van der Waals surface area (Å²) in [6.45, 7) is 3.72. The van der Waals surface area contributed by atoms with E-state index < -0.39 is 0 Å². The second kappa shape index (κ2) is 5.34. The third-order valence-corrected chi connectivity index (χ3v) is 3.08. The van der Waals surface area contributed by atoms with Gasteiger partial charge < -0.3 is 5.32 Å². The van der Waals surface area contributed by atoms with Crippen LogP contribution in [-0.4, -0.2) is 16.8 Å². The van der Waals surface area contributed by atoms with Gasteiger partial charge >= 0.3 is 0 Å². The molecule has 0 amide bonds. The molecule has 1 heterocycles. The van der Waals surface area contributed by atoms with Crippen molar-refractivity contribution >= 4 is 11.6 Å². The van der Waals surface area contributed by atoms with Gasteiger partial charge in [-0.2, -0.15) is 5.10 Å². The maximum atomic E-state index is 6.25. The van der Waals surface area contributed by atoms with Gasteiger partial charge in [-0.3, -0.25) is 4.68 Å². The lowest BCUT2D eigenvalue weighted by atomic mass is 10.1. The molecule has 0 aliphatic carbocycles. The highest BCUT2D eigenvalue weighted by Gasteiger charge is 2.06. The molecule has 4 heteroatoms. The highest BCUT2D eigenvalue weighted by Crippen LogP contribution is 2.25. The summed E-state index contributed by atoms with van der Waals surface area (Å²) >= 11 is 6.25. The summed E-state index contributed by atoms with van der Waals surface area (Å²) in [5, 5.41) is 8.15. The van der Waals surface area contributed by atoms with Crippen molar-refractivity contribution in [3.05, 3.63) is 41.0 Å². The van der Waals surface area contributed by atoms with E-state index in [4.69, 9.17) is 11.6 Å². The molecule has 0 saturated carbocycles. The Morgan fingerprint density at radius 2 is 2.18 bits per heavy atom. The van der Waals surface area contributed by atoms with Crippen LogP contribution in [0.15, 0.2) is 30.5 Å². The van der Waals surface area contributed by atoms with Crippen LogP contribution in [0, 0.1) is 0 Å². The van der Waals surface area contributed by atoms with Gasteiger partial charge in [-0.05, 0) is 31.7 Å². The Morgan fingerprint density at radius 1 is 1.35 bits per heavy atom. The maximum absolute atomic E-state index is 6.25. The lowest BCUT2D eigenvalue weighted by Crippen LogP contribution is -2.05. The molecule has 0 atom stereocenters. The predicted molar refractivity (Wildman–Crippen MR) is 71.1 cm³/mol. The van der Waals surface area contributed by atoms with Crippen molar-refractivity contribution < 1.29 is 0 Å². The van der Waals surface area contributed by atoms with Crippen LogP contribution in [0.25, 0.3) is 11.3 Å². The minimum Gasteiger partial charge on any atom is -0.316 e. The zero-order valence-corrected chi connectivity index (χ0v) is 10.8. The standard InChI is InChI=1S/C13H16ClN3/c1-3-17-13(6-7-16-17)10-4-5-11(9-15-2)12(14)8-10/h4-8,15H,3,9H2,1-2H3.